The van der Waals surface area contributed by atoms with Crippen molar-refractivity contribution >= 4 is 72.3 Å². The van der Waals surface area contributed by atoms with Crippen LogP contribution in [0.2, 0.25) is 0 Å². The van der Waals surface area contributed by atoms with Crippen molar-refractivity contribution in [3.63, 3.8) is 0 Å². The SMILES string of the molecule is NC1(C(=O)C(NC(=O)[C@@H](Cc2ccccc2)NC(=O)C2(NC(=O)c3cc4ccccc4s3)CCCC2)C2CCNCC2)CCCC1.O=C(O)c1cc2ccccc2s1. The molecule has 3 aromatic carbocycles. The predicted molar refractivity (Wildman–Crippen MR) is 229 cm³/mol. The van der Waals surface area contributed by atoms with Gasteiger partial charge in [-0.05, 0) is 98.1 Å². The van der Waals surface area contributed by atoms with Gasteiger partial charge in [0.25, 0.3) is 5.91 Å². The van der Waals surface area contributed by atoms with Gasteiger partial charge in [-0.25, -0.2) is 4.79 Å². The zero-order valence-corrected chi connectivity index (χ0v) is 34.1. The molecule has 3 fully saturated rings. The van der Waals surface area contributed by atoms with E-state index in [1.165, 1.54) is 22.7 Å². The minimum atomic E-state index is -1.13. The standard InChI is InChI=1S/C36H45N5O4S.C9H6O2S/c37-35(16-6-7-17-35)31(42)30(25-14-20-38-21-15-25)40-32(43)27(22-24-10-2-1-3-11-24)39-34(45)36(18-8-9-19-36)41-33(44)29-23-26-12-4-5-13-28(26)46-29;10-9(11)8-5-6-3-1-2-4-7(6)12-8/h1-5,10-13,23,25,27,30,38H,6-9,14-22,37H2,(H,39,45)(H,40,43)(H,41,44);1-5H,(H,10,11)/t27-,30?;/m1./s1. The molecule has 5 aromatic rings. The number of fused-ring (bicyclic) bond motifs is 2. The van der Waals surface area contributed by atoms with Gasteiger partial charge in [0, 0.05) is 15.8 Å². The van der Waals surface area contributed by atoms with Crippen molar-refractivity contribution in [3.05, 3.63) is 106 Å². The number of Topliss-reactive ketones (excluding diaryl/α,β-unsaturated/α-hetero) is 1. The number of hydrogen-bond acceptors (Lipinski definition) is 9. The number of carbonyl (C=O) groups excluding carboxylic acids is 4. The van der Waals surface area contributed by atoms with Crippen molar-refractivity contribution in [1.82, 2.24) is 21.3 Å². The third kappa shape index (κ3) is 9.50. The van der Waals surface area contributed by atoms with E-state index in [0.717, 1.165) is 77.4 Å². The normalized spacial score (nSPS) is 18.4. The molecule has 58 heavy (non-hydrogen) atoms. The molecule has 3 heterocycles. The van der Waals surface area contributed by atoms with Gasteiger partial charge in [-0.3, -0.25) is 19.2 Å². The maximum atomic E-state index is 14.2. The number of amides is 3. The summed E-state index contributed by atoms with van der Waals surface area (Å²) in [6.45, 7) is 1.54. The van der Waals surface area contributed by atoms with Crippen LogP contribution in [0.1, 0.15) is 89.1 Å². The van der Waals surface area contributed by atoms with E-state index in [1.54, 1.807) is 6.07 Å². The Balaban J connectivity index is 0.000000363. The lowest BCUT2D eigenvalue weighted by molar-refractivity contribution is -0.135. The quantitative estimate of drug-likeness (QED) is 0.0816. The van der Waals surface area contributed by atoms with Crippen molar-refractivity contribution in [1.29, 1.82) is 0 Å². The number of benzene rings is 3. The summed E-state index contributed by atoms with van der Waals surface area (Å²) in [4.78, 5) is 67.4. The van der Waals surface area contributed by atoms with Crippen LogP contribution in [0.3, 0.4) is 0 Å². The Morgan fingerprint density at radius 2 is 1.29 bits per heavy atom. The Hall–Kier alpha value is -4.95. The van der Waals surface area contributed by atoms with Crippen LogP contribution in [0.15, 0.2) is 91.0 Å². The van der Waals surface area contributed by atoms with E-state index in [9.17, 15) is 24.0 Å². The van der Waals surface area contributed by atoms with Gasteiger partial charge in [-0.1, -0.05) is 92.4 Å². The second kappa shape index (κ2) is 18.3. The average molecular weight is 822 g/mol. The minimum absolute atomic E-state index is 0.0337. The van der Waals surface area contributed by atoms with Gasteiger partial charge in [0.05, 0.1) is 16.5 Å². The molecule has 1 unspecified atom stereocenters. The van der Waals surface area contributed by atoms with Gasteiger partial charge in [-0.15, -0.1) is 22.7 Å². The highest BCUT2D eigenvalue weighted by molar-refractivity contribution is 7.21. The topological polar surface area (TPSA) is 180 Å². The van der Waals surface area contributed by atoms with Crippen molar-refractivity contribution in [2.75, 3.05) is 13.1 Å². The zero-order chi connectivity index (χ0) is 40.7. The molecule has 2 atom stereocenters. The molecule has 3 aliphatic rings. The Bertz CT molecular complexity index is 2190. The van der Waals surface area contributed by atoms with E-state index in [1.807, 2.05) is 84.9 Å². The molecule has 0 radical (unpaired) electrons. The van der Waals surface area contributed by atoms with Crippen molar-refractivity contribution < 1.29 is 29.1 Å². The van der Waals surface area contributed by atoms with Crippen LogP contribution >= 0.6 is 22.7 Å². The Labute approximate surface area is 346 Å². The molecule has 1 aliphatic heterocycles. The fourth-order valence-corrected chi connectivity index (χ4v) is 10.5. The van der Waals surface area contributed by atoms with Gasteiger partial charge in [0.15, 0.2) is 5.78 Å². The first-order chi connectivity index (χ1) is 28.0. The van der Waals surface area contributed by atoms with Gasteiger partial charge in [0.1, 0.15) is 16.5 Å². The molecular weight excluding hydrogens is 771 g/mol. The predicted octanol–water partition coefficient (Wildman–Crippen LogP) is 6.60. The number of hydrogen-bond donors (Lipinski definition) is 6. The minimum Gasteiger partial charge on any atom is -0.477 e. The van der Waals surface area contributed by atoms with Crippen LogP contribution in [-0.4, -0.2) is 70.8 Å². The van der Waals surface area contributed by atoms with Crippen LogP contribution in [0.4, 0.5) is 0 Å². The molecule has 3 amide bonds. The third-order valence-corrected chi connectivity index (χ3v) is 14.1. The highest BCUT2D eigenvalue weighted by Crippen LogP contribution is 2.34. The van der Waals surface area contributed by atoms with E-state index in [2.05, 4.69) is 21.3 Å². The first-order valence-electron chi connectivity index (χ1n) is 20.3. The summed E-state index contributed by atoms with van der Waals surface area (Å²) < 4.78 is 2.03. The van der Waals surface area contributed by atoms with Gasteiger partial charge >= 0.3 is 5.97 Å². The molecule has 11 nitrogen and oxygen atoms in total. The third-order valence-electron chi connectivity index (χ3n) is 11.9. The first kappa shape index (κ1) is 41.2. The first-order valence-corrected chi connectivity index (χ1v) is 21.9. The number of piperidine rings is 1. The van der Waals surface area contributed by atoms with Crippen molar-refractivity contribution in [3.8, 4) is 0 Å². The van der Waals surface area contributed by atoms with E-state index in [0.29, 0.717) is 35.4 Å². The summed E-state index contributed by atoms with van der Waals surface area (Å²) in [6.07, 6.45) is 7.37. The van der Waals surface area contributed by atoms with E-state index in [-0.39, 0.29) is 29.9 Å². The monoisotopic (exact) mass is 821 g/mol. The highest BCUT2D eigenvalue weighted by atomic mass is 32.1. The molecule has 2 saturated carbocycles. The molecule has 2 aliphatic carbocycles. The molecule has 13 heteroatoms. The second-order valence-electron chi connectivity index (χ2n) is 15.9. The summed E-state index contributed by atoms with van der Waals surface area (Å²) in [5.74, 6) is -2.04. The Kier molecular flexibility index (Phi) is 13.0. The number of carboxylic acid groups (broad SMARTS) is 1. The molecule has 0 spiro atoms. The summed E-state index contributed by atoms with van der Waals surface area (Å²) in [6, 6.07) is 26.9. The maximum absolute atomic E-state index is 14.2. The number of nitrogens with two attached hydrogens (primary N) is 1. The van der Waals surface area contributed by atoms with Crippen molar-refractivity contribution in [2.24, 2.45) is 11.7 Å². The number of ketones is 1. The molecule has 8 rings (SSSR count). The number of carbonyl (C=O) groups is 5. The molecule has 1 saturated heterocycles. The maximum Gasteiger partial charge on any atom is 0.345 e. The average Bonchev–Trinajstić information content (AvgIpc) is 4.07. The molecular formula is C45H51N5O6S2. The second-order valence-corrected chi connectivity index (χ2v) is 18.0. The lowest BCUT2D eigenvalue weighted by atomic mass is 9.79. The van der Waals surface area contributed by atoms with E-state index < -0.39 is 35.0 Å². The molecule has 2 aromatic heterocycles. The van der Waals surface area contributed by atoms with Crippen molar-refractivity contribution in [2.45, 2.75) is 93.8 Å². The van der Waals surface area contributed by atoms with Gasteiger partial charge < -0.3 is 32.1 Å². The number of rotatable bonds is 12. The summed E-state index contributed by atoms with van der Waals surface area (Å²) in [5.41, 5.74) is 5.48. The zero-order valence-electron chi connectivity index (χ0n) is 32.5. The lowest BCUT2D eigenvalue weighted by Crippen LogP contribution is -2.64. The number of carboxylic acids is 1. The largest absolute Gasteiger partial charge is 0.477 e. The lowest BCUT2D eigenvalue weighted by Gasteiger charge is -2.36. The highest BCUT2D eigenvalue weighted by Gasteiger charge is 2.46. The summed E-state index contributed by atoms with van der Waals surface area (Å²) >= 11 is 2.70. The van der Waals surface area contributed by atoms with Gasteiger partial charge in [0.2, 0.25) is 11.8 Å². The molecule has 7 N–H and O–H groups in total. The summed E-state index contributed by atoms with van der Waals surface area (Å²) in [7, 11) is 0. The van der Waals surface area contributed by atoms with E-state index >= 15 is 0 Å². The fourth-order valence-electron chi connectivity index (χ4n) is 8.59. The molecule has 0 bridgehead atoms. The number of nitrogens with one attached hydrogen (secondary N) is 4. The van der Waals surface area contributed by atoms with Crippen LogP contribution in [0.5, 0.6) is 0 Å². The van der Waals surface area contributed by atoms with Crippen LogP contribution < -0.4 is 27.0 Å². The van der Waals surface area contributed by atoms with Crippen LogP contribution in [-0.2, 0) is 20.8 Å². The Morgan fingerprint density at radius 3 is 1.90 bits per heavy atom. The number of thiophene rings is 2. The van der Waals surface area contributed by atoms with E-state index in [4.69, 9.17) is 10.8 Å². The fraction of sp³-hybridized carbons (Fsp3) is 0.400. The van der Waals surface area contributed by atoms with Crippen LogP contribution in [0.25, 0.3) is 20.2 Å². The van der Waals surface area contributed by atoms with Crippen LogP contribution in [0, 0.1) is 5.92 Å². The smallest absolute Gasteiger partial charge is 0.345 e. The molecule has 304 valence electrons. The Morgan fingerprint density at radius 1 is 0.741 bits per heavy atom. The number of aromatic carboxylic acids is 1. The van der Waals surface area contributed by atoms with Gasteiger partial charge in [-0.2, -0.15) is 0 Å². The summed E-state index contributed by atoms with van der Waals surface area (Å²) in [5, 5.41) is 23.2.